The molecule has 0 amide bonds. The lowest BCUT2D eigenvalue weighted by molar-refractivity contribution is 0.302. The van der Waals surface area contributed by atoms with Gasteiger partial charge in [0.1, 0.15) is 0 Å². The van der Waals surface area contributed by atoms with Gasteiger partial charge in [0.15, 0.2) is 5.11 Å². The van der Waals surface area contributed by atoms with Crippen molar-refractivity contribution >= 4 is 17.3 Å². The van der Waals surface area contributed by atoms with Crippen LogP contribution in [0.5, 0.6) is 0 Å². The number of nitrogens with one attached hydrogen (secondary N) is 1. The van der Waals surface area contributed by atoms with E-state index in [4.69, 9.17) is 12.2 Å². The van der Waals surface area contributed by atoms with Gasteiger partial charge in [0.2, 0.25) is 0 Å². The van der Waals surface area contributed by atoms with Gasteiger partial charge >= 0.3 is 0 Å². The number of rotatable bonds is 5. The third-order valence-corrected chi connectivity index (χ3v) is 6.48. The Hall–Kier alpha value is -3.51. The van der Waals surface area contributed by atoms with Gasteiger partial charge in [-0.25, -0.2) is 0 Å². The second-order valence-electron chi connectivity index (χ2n) is 8.19. The van der Waals surface area contributed by atoms with Crippen LogP contribution in [0.4, 0.5) is 0 Å². The fourth-order valence-electron chi connectivity index (χ4n) is 4.33. The minimum absolute atomic E-state index is 0.0192. The Bertz CT molecular complexity index is 1240. The van der Waals surface area contributed by atoms with E-state index in [-0.39, 0.29) is 12.1 Å². The van der Waals surface area contributed by atoms with Crippen LogP contribution in [0, 0.1) is 13.8 Å². The first-order valence-electron chi connectivity index (χ1n) is 10.7. The van der Waals surface area contributed by atoms with Gasteiger partial charge < -0.3 is 14.8 Å². The lowest BCUT2D eigenvalue weighted by atomic mass is 10.0. The van der Waals surface area contributed by atoms with Gasteiger partial charge in [-0.05, 0) is 85.2 Å². The van der Waals surface area contributed by atoms with Crippen LogP contribution in [0.3, 0.4) is 0 Å². The predicted octanol–water partition coefficient (Wildman–Crippen LogP) is 5.06. The molecule has 1 aliphatic rings. The van der Waals surface area contributed by atoms with Crippen molar-refractivity contribution in [2.75, 3.05) is 0 Å². The molecule has 4 heterocycles. The zero-order chi connectivity index (χ0) is 22.1. The van der Waals surface area contributed by atoms with Crippen LogP contribution in [-0.2, 0) is 6.54 Å². The van der Waals surface area contributed by atoms with Crippen molar-refractivity contribution in [3.63, 3.8) is 0 Å². The Kier molecular flexibility index (Phi) is 5.45. The van der Waals surface area contributed by atoms with E-state index in [1.807, 2.05) is 30.6 Å². The maximum absolute atomic E-state index is 5.82. The van der Waals surface area contributed by atoms with Crippen LogP contribution in [0.15, 0.2) is 85.5 Å². The molecule has 5 rings (SSSR count). The highest BCUT2D eigenvalue weighted by Crippen LogP contribution is 2.40. The molecular formula is C26H25N5S. The molecule has 1 aliphatic heterocycles. The molecular weight excluding hydrogens is 414 g/mol. The summed E-state index contributed by atoms with van der Waals surface area (Å²) in [6.07, 6.45) is 7.65. The maximum Gasteiger partial charge on any atom is 0.170 e. The Balaban J connectivity index is 1.61. The summed E-state index contributed by atoms with van der Waals surface area (Å²) in [6, 6.07) is 20.9. The lowest BCUT2D eigenvalue weighted by Crippen LogP contribution is -2.30. The summed E-state index contributed by atoms with van der Waals surface area (Å²) in [7, 11) is 0. The number of thiocarbonyl (C=S) groups is 1. The Morgan fingerprint density at radius 3 is 2.62 bits per heavy atom. The average molecular weight is 440 g/mol. The van der Waals surface area contributed by atoms with Gasteiger partial charge in [0.25, 0.3) is 0 Å². The molecule has 3 aromatic heterocycles. The van der Waals surface area contributed by atoms with Crippen LogP contribution >= 0.6 is 12.2 Å². The molecule has 6 heteroatoms. The molecule has 5 nitrogen and oxygen atoms in total. The van der Waals surface area contributed by atoms with E-state index >= 15 is 0 Å². The van der Waals surface area contributed by atoms with Crippen LogP contribution in [-0.4, -0.2) is 24.5 Å². The first-order chi connectivity index (χ1) is 15.6. The van der Waals surface area contributed by atoms with Crippen molar-refractivity contribution in [2.24, 2.45) is 0 Å². The molecule has 32 heavy (non-hydrogen) atoms. The van der Waals surface area contributed by atoms with Crippen molar-refractivity contribution in [3.05, 3.63) is 114 Å². The Labute approximate surface area is 193 Å². The van der Waals surface area contributed by atoms with Crippen LogP contribution in [0.25, 0.3) is 5.69 Å². The van der Waals surface area contributed by atoms with Gasteiger partial charge in [-0.15, -0.1) is 0 Å². The first-order valence-corrected chi connectivity index (χ1v) is 11.1. The average Bonchev–Trinajstić information content (AvgIpc) is 3.42. The molecule has 0 aliphatic carbocycles. The van der Waals surface area contributed by atoms with E-state index in [1.165, 1.54) is 16.8 Å². The molecule has 1 saturated heterocycles. The van der Waals surface area contributed by atoms with Crippen LogP contribution in [0.2, 0.25) is 0 Å². The van der Waals surface area contributed by atoms with Crippen molar-refractivity contribution in [2.45, 2.75) is 32.5 Å². The molecule has 1 fully saturated rings. The Morgan fingerprint density at radius 1 is 0.969 bits per heavy atom. The minimum Gasteiger partial charge on any atom is -0.352 e. The highest BCUT2D eigenvalue weighted by atomic mass is 32.1. The van der Waals surface area contributed by atoms with Crippen molar-refractivity contribution in [3.8, 4) is 5.69 Å². The van der Waals surface area contributed by atoms with E-state index in [0.717, 1.165) is 22.1 Å². The summed E-state index contributed by atoms with van der Waals surface area (Å²) in [5.41, 5.74) is 6.97. The van der Waals surface area contributed by atoms with E-state index < -0.39 is 0 Å². The number of aromatic nitrogens is 3. The molecule has 0 radical (unpaired) electrons. The quantitative estimate of drug-likeness (QED) is 0.441. The monoisotopic (exact) mass is 439 g/mol. The molecule has 0 spiro atoms. The van der Waals surface area contributed by atoms with Gasteiger partial charge in [-0.2, -0.15) is 0 Å². The molecule has 0 unspecified atom stereocenters. The second-order valence-corrected chi connectivity index (χ2v) is 8.57. The number of benzene rings is 1. The highest BCUT2D eigenvalue weighted by molar-refractivity contribution is 7.80. The fraction of sp³-hybridized carbons (Fsp3) is 0.192. The summed E-state index contributed by atoms with van der Waals surface area (Å²) in [5, 5.41) is 4.26. The van der Waals surface area contributed by atoms with Gasteiger partial charge in [0, 0.05) is 42.7 Å². The van der Waals surface area contributed by atoms with E-state index in [1.54, 1.807) is 6.20 Å². The standard InChI is InChI=1S/C26H25N5S/c1-18-10-11-21(15-19(18)2)30-14-6-9-23(30)25-24(22-8-3-4-13-28-22)29-26(32)31(25)17-20-7-5-12-27-16-20/h3-16,24-25H,17H2,1-2H3,(H,29,32)/t24-,25+/m1/s1. The largest absolute Gasteiger partial charge is 0.352 e. The van der Waals surface area contributed by atoms with E-state index in [2.05, 4.69) is 87.3 Å². The number of pyridine rings is 2. The summed E-state index contributed by atoms with van der Waals surface area (Å²) in [5.74, 6) is 0. The third-order valence-electron chi connectivity index (χ3n) is 6.13. The third kappa shape index (κ3) is 3.78. The number of hydrogen-bond donors (Lipinski definition) is 1. The van der Waals surface area contributed by atoms with Crippen molar-refractivity contribution in [1.29, 1.82) is 0 Å². The van der Waals surface area contributed by atoms with Gasteiger partial charge in [-0.3, -0.25) is 9.97 Å². The number of hydrogen-bond acceptors (Lipinski definition) is 3. The topological polar surface area (TPSA) is 46.0 Å². The van der Waals surface area contributed by atoms with Gasteiger partial charge in [-0.1, -0.05) is 18.2 Å². The smallest absolute Gasteiger partial charge is 0.170 e. The van der Waals surface area contributed by atoms with Gasteiger partial charge in [0.05, 0.1) is 17.8 Å². The Morgan fingerprint density at radius 2 is 1.88 bits per heavy atom. The zero-order valence-corrected chi connectivity index (χ0v) is 19.0. The second kappa shape index (κ2) is 8.55. The van der Waals surface area contributed by atoms with Crippen LogP contribution in [0.1, 0.15) is 40.2 Å². The SMILES string of the molecule is Cc1ccc(-n2cccc2[C@H]2[C@@H](c3ccccn3)NC(=S)N2Cc2cccnc2)cc1C. The molecule has 1 N–H and O–H groups in total. The van der Waals surface area contributed by atoms with E-state index in [0.29, 0.717) is 6.54 Å². The summed E-state index contributed by atoms with van der Waals surface area (Å²) < 4.78 is 2.26. The summed E-state index contributed by atoms with van der Waals surface area (Å²) >= 11 is 5.82. The number of aryl methyl sites for hydroxylation is 2. The lowest BCUT2D eigenvalue weighted by Gasteiger charge is -2.29. The van der Waals surface area contributed by atoms with Crippen molar-refractivity contribution < 1.29 is 0 Å². The summed E-state index contributed by atoms with van der Waals surface area (Å²) in [6.45, 7) is 4.97. The van der Waals surface area contributed by atoms with Crippen LogP contribution < -0.4 is 5.32 Å². The zero-order valence-electron chi connectivity index (χ0n) is 18.1. The molecule has 2 atom stereocenters. The number of nitrogens with zero attached hydrogens (tertiary/aromatic N) is 4. The predicted molar refractivity (Wildman–Crippen MR) is 130 cm³/mol. The fourth-order valence-corrected chi connectivity index (χ4v) is 4.64. The molecule has 160 valence electrons. The maximum atomic E-state index is 5.82. The van der Waals surface area contributed by atoms with E-state index in [9.17, 15) is 0 Å². The molecule has 4 aromatic rings. The molecule has 1 aromatic carbocycles. The summed E-state index contributed by atoms with van der Waals surface area (Å²) in [4.78, 5) is 11.2. The minimum atomic E-state index is -0.0550. The molecule has 0 saturated carbocycles. The van der Waals surface area contributed by atoms with Crippen molar-refractivity contribution in [1.82, 2.24) is 24.8 Å². The normalized spacial score (nSPS) is 18.1. The molecule has 0 bridgehead atoms. The first kappa shape index (κ1) is 20.4. The highest BCUT2D eigenvalue weighted by Gasteiger charge is 2.41.